The van der Waals surface area contributed by atoms with Crippen molar-refractivity contribution in [2.75, 3.05) is 6.54 Å². The second-order valence-electron chi connectivity index (χ2n) is 9.34. The number of carbonyl (C=O) groups excluding carboxylic acids is 1. The van der Waals surface area contributed by atoms with Crippen LogP contribution >= 0.6 is 15.9 Å². The van der Waals surface area contributed by atoms with E-state index in [1.54, 1.807) is 17.1 Å². The number of hydrogen-bond acceptors (Lipinski definition) is 6. The molecule has 6 rings (SSSR count). The van der Waals surface area contributed by atoms with Crippen molar-refractivity contribution in [2.24, 2.45) is 10.2 Å². The zero-order valence-electron chi connectivity index (χ0n) is 21.3. The van der Waals surface area contributed by atoms with Crippen LogP contribution in [-0.2, 0) is 4.79 Å². The lowest BCUT2D eigenvalue weighted by molar-refractivity contribution is -0.122. The largest absolute Gasteiger partial charge is 0.463 e. The quantitative estimate of drug-likeness (QED) is 0.182. The number of aromatic amines is 1. The Labute approximate surface area is 238 Å². The summed E-state index contributed by atoms with van der Waals surface area (Å²) in [6.45, 7) is -0.0454. The third-order valence-electron chi connectivity index (χ3n) is 6.74. The molecule has 0 radical (unpaired) electrons. The first-order valence-electron chi connectivity index (χ1n) is 12.7. The Balaban J connectivity index is 1.41. The molecule has 1 aliphatic rings. The number of nitrogens with zero attached hydrogens (tertiary/aromatic N) is 3. The molecule has 8 nitrogen and oxygen atoms in total. The molecule has 0 aliphatic carbocycles. The summed E-state index contributed by atoms with van der Waals surface area (Å²) in [6.07, 6.45) is 3.42. The second-order valence-corrected chi connectivity index (χ2v) is 10.3. The van der Waals surface area contributed by atoms with Crippen molar-refractivity contribution in [1.29, 1.82) is 0 Å². The van der Waals surface area contributed by atoms with Crippen LogP contribution in [0.4, 0.5) is 0 Å². The minimum atomic E-state index is -0.339. The number of aromatic nitrogens is 1. The van der Waals surface area contributed by atoms with Gasteiger partial charge in [-0.3, -0.25) is 14.6 Å². The molecule has 0 unspecified atom stereocenters. The number of amides is 1. The number of carbonyl (C=O) groups is 1. The molecule has 3 aromatic carbocycles. The number of nitrogens with one attached hydrogen (secondary N) is 2. The van der Waals surface area contributed by atoms with Crippen molar-refractivity contribution in [3.05, 3.63) is 129 Å². The van der Waals surface area contributed by atoms with E-state index in [0.29, 0.717) is 23.5 Å². The number of fused-ring (bicyclic) bond motifs is 1. The second kappa shape index (κ2) is 11.2. The fourth-order valence-corrected chi connectivity index (χ4v) is 5.34. The van der Waals surface area contributed by atoms with Gasteiger partial charge in [-0.15, -0.1) is 0 Å². The first-order chi connectivity index (χ1) is 19.6. The predicted molar refractivity (Wildman–Crippen MR) is 159 cm³/mol. The minimum absolute atomic E-state index is 0.0454. The highest BCUT2D eigenvalue weighted by molar-refractivity contribution is 9.10. The van der Waals surface area contributed by atoms with Crippen molar-refractivity contribution in [3.63, 3.8) is 0 Å². The Morgan fingerprint density at radius 1 is 1.05 bits per heavy atom. The number of halogens is 1. The van der Waals surface area contributed by atoms with Crippen molar-refractivity contribution >= 4 is 44.7 Å². The Kier molecular flexibility index (Phi) is 7.11. The van der Waals surface area contributed by atoms with E-state index in [0.717, 1.165) is 32.1 Å². The molecular formula is C31H24BrN5O3. The average Bonchev–Trinajstić information content (AvgIpc) is 3.64. The standard InChI is InChI=1S/C31H24BrN5O3/c32-22-13-14-25-24(16-22)29(21-10-5-2-6-11-21)30(31(39)34-25)26-17-27(20-8-3-1-4-9-20)37(36-26)19-28(38)35-33-18-23-12-7-15-40-23/h1-16,18,27H,17,19H2,(H,34,39)(H,35,38)/t27-/m0/s1. The molecule has 9 heteroatoms. The van der Waals surface area contributed by atoms with Gasteiger partial charge in [-0.05, 0) is 41.5 Å². The van der Waals surface area contributed by atoms with Gasteiger partial charge in [-0.25, -0.2) is 5.43 Å². The molecule has 0 saturated heterocycles. The van der Waals surface area contributed by atoms with Gasteiger partial charge in [0.1, 0.15) is 12.3 Å². The van der Waals surface area contributed by atoms with Crippen LogP contribution in [0.1, 0.15) is 29.3 Å². The van der Waals surface area contributed by atoms with Gasteiger partial charge >= 0.3 is 0 Å². The normalized spacial score (nSPS) is 15.1. The van der Waals surface area contributed by atoms with E-state index < -0.39 is 0 Å². The van der Waals surface area contributed by atoms with Crippen LogP contribution in [0.5, 0.6) is 0 Å². The van der Waals surface area contributed by atoms with Gasteiger partial charge in [-0.1, -0.05) is 76.6 Å². The highest BCUT2D eigenvalue weighted by Crippen LogP contribution is 2.37. The summed E-state index contributed by atoms with van der Waals surface area (Å²) in [4.78, 5) is 29.6. The molecule has 0 fully saturated rings. The minimum Gasteiger partial charge on any atom is -0.463 e. The van der Waals surface area contributed by atoms with Crippen molar-refractivity contribution < 1.29 is 9.21 Å². The molecule has 40 heavy (non-hydrogen) atoms. The number of furan rings is 1. The molecule has 0 saturated carbocycles. The lowest BCUT2D eigenvalue weighted by Crippen LogP contribution is -2.32. The maximum atomic E-state index is 13.7. The van der Waals surface area contributed by atoms with E-state index in [2.05, 4.69) is 31.4 Å². The van der Waals surface area contributed by atoms with E-state index in [-0.39, 0.29) is 24.1 Å². The number of hydrazone groups is 2. The Morgan fingerprint density at radius 2 is 1.82 bits per heavy atom. The molecule has 0 spiro atoms. The van der Waals surface area contributed by atoms with Crippen LogP contribution in [0.25, 0.3) is 22.0 Å². The summed E-state index contributed by atoms with van der Waals surface area (Å²) in [5.41, 5.74) is 6.87. The van der Waals surface area contributed by atoms with E-state index >= 15 is 0 Å². The zero-order chi connectivity index (χ0) is 27.5. The Morgan fingerprint density at radius 3 is 2.58 bits per heavy atom. The maximum absolute atomic E-state index is 13.7. The summed E-state index contributed by atoms with van der Waals surface area (Å²) in [5, 5.41) is 11.5. The molecule has 1 amide bonds. The maximum Gasteiger partial charge on any atom is 0.261 e. The monoisotopic (exact) mass is 593 g/mol. The van der Waals surface area contributed by atoms with Gasteiger partial charge in [0.15, 0.2) is 0 Å². The number of rotatable bonds is 7. The number of benzene rings is 3. The summed E-state index contributed by atoms with van der Waals surface area (Å²) in [6, 6.07) is 28.7. The highest BCUT2D eigenvalue weighted by Gasteiger charge is 2.33. The fraction of sp³-hybridized carbons (Fsp3) is 0.0968. The number of hydrogen-bond donors (Lipinski definition) is 2. The molecule has 2 aromatic heterocycles. The van der Waals surface area contributed by atoms with Crippen molar-refractivity contribution in [3.8, 4) is 11.1 Å². The SMILES string of the molecule is O=C(CN1N=C(c2c(-c3ccccc3)c3cc(Br)ccc3[nH]c2=O)C[C@H]1c1ccccc1)NN=Cc1ccco1. The van der Waals surface area contributed by atoms with Crippen LogP contribution in [0.3, 0.4) is 0 Å². The molecule has 198 valence electrons. The molecule has 3 heterocycles. The topological polar surface area (TPSA) is 103 Å². The lowest BCUT2D eigenvalue weighted by Gasteiger charge is -2.22. The Bertz CT molecular complexity index is 1780. The number of H-pyrrole nitrogens is 1. The predicted octanol–water partition coefficient (Wildman–Crippen LogP) is 5.85. The lowest BCUT2D eigenvalue weighted by atomic mass is 9.91. The summed E-state index contributed by atoms with van der Waals surface area (Å²) < 4.78 is 6.12. The van der Waals surface area contributed by atoms with Crippen LogP contribution in [0, 0.1) is 0 Å². The molecule has 2 N–H and O–H groups in total. The number of pyridine rings is 1. The molecular weight excluding hydrogens is 570 g/mol. The summed E-state index contributed by atoms with van der Waals surface area (Å²) in [7, 11) is 0. The highest BCUT2D eigenvalue weighted by atomic mass is 79.9. The molecule has 1 atom stereocenters. The van der Waals surface area contributed by atoms with Crippen LogP contribution < -0.4 is 11.0 Å². The molecule has 0 bridgehead atoms. The van der Waals surface area contributed by atoms with E-state index in [1.165, 1.54) is 12.5 Å². The van der Waals surface area contributed by atoms with Crippen LogP contribution in [-0.4, -0.2) is 34.4 Å². The van der Waals surface area contributed by atoms with Gasteiger partial charge in [-0.2, -0.15) is 10.2 Å². The third kappa shape index (κ3) is 5.23. The van der Waals surface area contributed by atoms with E-state index in [9.17, 15) is 9.59 Å². The van der Waals surface area contributed by atoms with Gasteiger partial charge in [0.05, 0.1) is 29.8 Å². The van der Waals surface area contributed by atoms with Gasteiger partial charge in [0.25, 0.3) is 11.5 Å². The first kappa shape index (κ1) is 25.5. The Hall–Kier alpha value is -4.76. The van der Waals surface area contributed by atoms with Gasteiger partial charge in [0.2, 0.25) is 0 Å². The molecule has 5 aromatic rings. The van der Waals surface area contributed by atoms with E-state index in [1.807, 2.05) is 78.9 Å². The van der Waals surface area contributed by atoms with Crippen molar-refractivity contribution in [2.45, 2.75) is 12.5 Å². The molecule has 1 aliphatic heterocycles. The van der Waals surface area contributed by atoms with Crippen LogP contribution in [0.2, 0.25) is 0 Å². The van der Waals surface area contributed by atoms with Crippen molar-refractivity contribution in [1.82, 2.24) is 15.4 Å². The first-order valence-corrected chi connectivity index (χ1v) is 13.5. The van der Waals surface area contributed by atoms with Gasteiger partial charge in [0, 0.05) is 27.4 Å². The summed E-state index contributed by atoms with van der Waals surface area (Å²) in [5.74, 6) is 0.188. The van der Waals surface area contributed by atoms with Gasteiger partial charge < -0.3 is 9.40 Å². The average molecular weight is 594 g/mol. The zero-order valence-corrected chi connectivity index (χ0v) is 22.8. The van der Waals surface area contributed by atoms with Crippen LogP contribution in [0.15, 0.2) is 121 Å². The summed E-state index contributed by atoms with van der Waals surface area (Å²) >= 11 is 3.58. The van der Waals surface area contributed by atoms with E-state index in [4.69, 9.17) is 9.52 Å². The fourth-order valence-electron chi connectivity index (χ4n) is 4.98. The smallest absolute Gasteiger partial charge is 0.261 e. The third-order valence-corrected chi connectivity index (χ3v) is 7.23.